The fraction of sp³-hybridized carbons (Fsp3) is 0.440. The van der Waals surface area contributed by atoms with Crippen molar-refractivity contribution in [2.24, 2.45) is 11.1 Å². The van der Waals surface area contributed by atoms with E-state index < -0.39 is 5.91 Å². The molecule has 0 atom stereocenters. The third-order valence-corrected chi connectivity index (χ3v) is 7.13. The highest BCUT2D eigenvalue weighted by Crippen LogP contribution is 2.42. The van der Waals surface area contributed by atoms with Gasteiger partial charge in [0, 0.05) is 30.8 Å². The lowest BCUT2D eigenvalue weighted by Crippen LogP contribution is -2.48. The number of benzene rings is 2. The summed E-state index contributed by atoms with van der Waals surface area (Å²) >= 11 is 0. The van der Waals surface area contributed by atoms with Crippen LogP contribution in [0.2, 0.25) is 0 Å². The summed E-state index contributed by atoms with van der Waals surface area (Å²) in [4.78, 5) is 28.7. The van der Waals surface area contributed by atoms with Gasteiger partial charge < -0.3 is 20.8 Å². The molecule has 0 saturated carbocycles. The predicted octanol–water partition coefficient (Wildman–Crippen LogP) is 2.64. The number of para-hydroxylation sites is 1. The molecule has 7 nitrogen and oxygen atoms in total. The number of phenols is 2. The number of hydrogen-bond donors (Lipinski definition) is 3. The van der Waals surface area contributed by atoms with Crippen molar-refractivity contribution in [1.82, 2.24) is 9.80 Å². The Morgan fingerprint density at radius 1 is 0.875 bits per heavy atom. The Hall–Kier alpha value is -3.06. The molecule has 0 aliphatic carbocycles. The zero-order valence-electron chi connectivity index (χ0n) is 18.3. The van der Waals surface area contributed by atoms with Gasteiger partial charge in [-0.25, -0.2) is 0 Å². The summed E-state index contributed by atoms with van der Waals surface area (Å²) in [7, 11) is 0. The molecule has 7 heteroatoms. The number of likely N-dealkylation sites (tertiary alicyclic amines) is 2. The van der Waals surface area contributed by atoms with Crippen molar-refractivity contribution in [3.63, 3.8) is 0 Å². The number of nitrogens with zero attached hydrogens (tertiary/aromatic N) is 2. The zero-order valence-corrected chi connectivity index (χ0v) is 18.3. The van der Waals surface area contributed by atoms with E-state index in [9.17, 15) is 19.8 Å². The number of nitrogens with two attached hydrogens (primary N) is 1. The molecule has 1 spiro atoms. The molecule has 4 rings (SSSR count). The fourth-order valence-electron chi connectivity index (χ4n) is 5.06. The fourth-order valence-corrected chi connectivity index (χ4v) is 5.06. The maximum Gasteiger partial charge on any atom is 0.254 e. The molecule has 2 fully saturated rings. The van der Waals surface area contributed by atoms with Crippen molar-refractivity contribution in [2.45, 2.75) is 38.6 Å². The maximum absolute atomic E-state index is 13.1. The first kappa shape index (κ1) is 22.1. The number of aromatic hydroxyl groups is 2. The Morgan fingerprint density at radius 3 is 2.19 bits per heavy atom. The van der Waals surface area contributed by atoms with Gasteiger partial charge in [-0.15, -0.1) is 0 Å². The van der Waals surface area contributed by atoms with Gasteiger partial charge in [0.25, 0.3) is 5.91 Å². The molecule has 170 valence electrons. The van der Waals surface area contributed by atoms with Crippen LogP contribution in [-0.4, -0.2) is 58.0 Å². The zero-order chi connectivity index (χ0) is 22.7. The van der Waals surface area contributed by atoms with Crippen molar-refractivity contribution in [1.29, 1.82) is 0 Å². The molecule has 2 amide bonds. The van der Waals surface area contributed by atoms with Gasteiger partial charge in [0.1, 0.15) is 0 Å². The van der Waals surface area contributed by atoms with E-state index in [1.54, 1.807) is 18.2 Å². The van der Waals surface area contributed by atoms with Gasteiger partial charge in [-0.2, -0.15) is 0 Å². The molecule has 2 aliphatic heterocycles. The average Bonchev–Trinajstić information content (AvgIpc) is 2.79. The van der Waals surface area contributed by atoms with Gasteiger partial charge in [-0.1, -0.05) is 30.3 Å². The smallest absolute Gasteiger partial charge is 0.254 e. The van der Waals surface area contributed by atoms with E-state index >= 15 is 0 Å². The first-order valence-corrected chi connectivity index (χ1v) is 11.2. The van der Waals surface area contributed by atoms with Crippen molar-refractivity contribution in [3.05, 3.63) is 59.2 Å². The number of primary amides is 1. The summed E-state index contributed by atoms with van der Waals surface area (Å²) in [6, 6.07) is 12.3. The summed E-state index contributed by atoms with van der Waals surface area (Å²) in [5.74, 6) is -0.566. The number of amides is 2. The normalized spacial score (nSPS) is 18.6. The third kappa shape index (κ3) is 4.72. The monoisotopic (exact) mass is 437 g/mol. The van der Waals surface area contributed by atoms with Gasteiger partial charge in [-0.05, 0) is 61.9 Å². The van der Waals surface area contributed by atoms with Gasteiger partial charge >= 0.3 is 0 Å². The Labute approximate surface area is 188 Å². The molecule has 0 aromatic heterocycles. The van der Waals surface area contributed by atoms with E-state index in [2.05, 4.69) is 4.90 Å². The SMILES string of the molecule is NC(=O)Cc1ccccc1C(=O)N1CCC2(CCN(Cc3cccc(O)c3O)CC2)CC1. The summed E-state index contributed by atoms with van der Waals surface area (Å²) in [5, 5.41) is 19.8. The highest BCUT2D eigenvalue weighted by atomic mass is 16.3. The Morgan fingerprint density at radius 2 is 1.50 bits per heavy atom. The van der Waals surface area contributed by atoms with E-state index in [1.165, 1.54) is 6.07 Å². The average molecular weight is 438 g/mol. The number of carbonyl (C=O) groups excluding carboxylic acids is 2. The van der Waals surface area contributed by atoms with E-state index in [0.717, 1.165) is 57.4 Å². The molecule has 2 saturated heterocycles. The molecular formula is C25H31N3O4. The van der Waals surface area contributed by atoms with Crippen LogP contribution in [0.4, 0.5) is 0 Å². The van der Waals surface area contributed by atoms with Crippen LogP contribution >= 0.6 is 0 Å². The second-order valence-electron chi connectivity index (χ2n) is 9.15. The van der Waals surface area contributed by atoms with Crippen LogP contribution in [0.1, 0.15) is 47.2 Å². The molecule has 2 aromatic rings. The first-order valence-electron chi connectivity index (χ1n) is 11.2. The minimum absolute atomic E-state index is 0.0199. The molecular weight excluding hydrogens is 406 g/mol. The van der Waals surface area contributed by atoms with Crippen LogP contribution in [0.15, 0.2) is 42.5 Å². The van der Waals surface area contributed by atoms with Crippen molar-refractivity contribution < 1.29 is 19.8 Å². The van der Waals surface area contributed by atoms with Gasteiger partial charge in [0.2, 0.25) is 5.91 Å². The highest BCUT2D eigenvalue weighted by Gasteiger charge is 2.39. The number of piperidine rings is 2. The quantitative estimate of drug-likeness (QED) is 0.624. The lowest BCUT2D eigenvalue weighted by molar-refractivity contribution is -0.117. The van der Waals surface area contributed by atoms with E-state index in [1.807, 2.05) is 23.1 Å². The predicted molar refractivity (Wildman–Crippen MR) is 121 cm³/mol. The van der Waals surface area contributed by atoms with Crippen LogP contribution in [0.25, 0.3) is 0 Å². The van der Waals surface area contributed by atoms with Crippen molar-refractivity contribution >= 4 is 11.8 Å². The summed E-state index contributed by atoms with van der Waals surface area (Å²) in [5.41, 5.74) is 7.60. The van der Waals surface area contributed by atoms with E-state index in [4.69, 9.17) is 5.73 Å². The second kappa shape index (κ2) is 9.20. The van der Waals surface area contributed by atoms with Crippen LogP contribution in [-0.2, 0) is 17.8 Å². The Kier molecular flexibility index (Phi) is 6.37. The third-order valence-electron chi connectivity index (χ3n) is 7.13. The molecule has 2 heterocycles. The lowest BCUT2D eigenvalue weighted by atomic mass is 9.71. The molecule has 2 aliphatic rings. The van der Waals surface area contributed by atoms with E-state index in [0.29, 0.717) is 17.7 Å². The lowest BCUT2D eigenvalue weighted by Gasteiger charge is -2.47. The maximum atomic E-state index is 13.1. The van der Waals surface area contributed by atoms with Gasteiger partial charge in [0.05, 0.1) is 6.42 Å². The van der Waals surface area contributed by atoms with Gasteiger partial charge in [-0.3, -0.25) is 14.5 Å². The second-order valence-corrected chi connectivity index (χ2v) is 9.15. The van der Waals surface area contributed by atoms with Crippen molar-refractivity contribution in [2.75, 3.05) is 26.2 Å². The topological polar surface area (TPSA) is 107 Å². The van der Waals surface area contributed by atoms with Gasteiger partial charge in [0.15, 0.2) is 11.5 Å². The molecule has 32 heavy (non-hydrogen) atoms. The minimum atomic E-state index is -0.436. The van der Waals surface area contributed by atoms with Crippen LogP contribution in [0, 0.1) is 5.41 Å². The number of rotatable bonds is 5. The largest absolute Gasteiger partial charge is 0.504 e. The number of hydrogen-bond acceptors (Lipinski definition) is 5. The molecule has 0 bridgehead atoms. The molecule has 0 unspecified atom stereocenters. The van der Waals surface area contributed by atoms with Crippen LogP contribution < -0.4 is 5.73 Å². The number of phenolic OH excluding ortho intramolecular Hbond substituents is 2. The highest BCUT2D eigenvalue weighted by molar-refractivity contribution is 5.97. The molecule has 2 aromatic carbocycles. The summed E-state index contributed by atoms with van der Waals surface area (Å²) in [6.45, 7) is 3.93. The van der Waals surface area contributed by atoms with Crippen LogP contribution in [0.3, 0.4) is 0 Å². The molecule has 0 radical (unpaired) electrons. The molecule has 4 N–H and O–H groups in total. The standard InChI is InChI=1S/C25H31N3O4/c26-22(30)16-18-4-1-2-6-20(18)24(32)28-14-10-25(11-15-28)8-12-27(13-9-25)17-19-5-3-7-21(29)23(19)31/h1-7,29,31H,8-17H2,(H2,26,30). The summed E-state index contributed by atoms with van der Waals surface area (Å²) in [6.07, 6.45) is 4.15. The minimum Gasteiger partial charge on any atom is -0.504 e. The van der Waals surface area contributed by atoms with E-state index in [-0.39, 0.29) is 29.2 Å². The number of carbonyl (C=O) groups is 2. The Balaban J connectivity index is 1.33. The first-order chi connectivity index (χ1) is 15.4. The Bertz CT molecular complexity index is 988. The van der Waals surface area contributed by atoms with Crippen LogP contribution in [0.5, 0.6) is 11.5 Å². The summed E-state index contributed by atoms with van der Waals surface area (Å²) < 4.78 is 0. The van der Waals surface area contributed by atoms with Crippen molar-refractivity contribution in [3.8, 4) is 11.5 Å².